The van der Waals surface area contributed by atoms with Crippen LogP contribution < -0.4 is 9.47 Å². The fourth-order valence-corrected chi connectivity index (χ4v) is 2.16. The van der Waals surface area contributed by atoms with E-state index in [1.54, 1.807) is 14.2 Å². The van der Waals surface area contributed by atoms with Crippen LogP contribution in [0.15, 0.2) is 23.8 Å². The van der Waals surface area contributed by atoms with E-state index in [0.717, 1.165) is 23.4 Å². The molecule has 0 aromatic heterocycles. The lowest BCUT2D eigenvalue weighted by molar-refractivity contribution is -0.117. The van der Waals surface area contributed by atoms with E-state index in [-0.39, 0.29) is 5.78 Å². The Morgan fingerprint density at radius 2 is 2.05 bits per heavy atom. The molecule has 0 amide bonds. The molecular weight excluding hydrogens is 242 g/mol. The predicted molar refractivity (Wildman–Crippen MR) is 74.6 cm³/mol. The number of hydrogen-bond acceptors (Lipinski definition) is 4. The average Bonchev–Trinajstić information content (AvgIpc) is 2.43. The fourth-order valence-electron chi connectivity index (χ4n) is 2.16. The molecule has 0 unspecified atom stereocenters. The maximum absolute atomic E-state index is 11.9. The van der Waals surface area contributed by atoms with Crippen LogP contribution in [-0.4, -0.2) is 45.0 Å². The lowest BCUT2D eigenvalue weighted by Gasteiger charge is -2.23. The Kier molecular flexibility index (Phi) is 4.22. The molecule has 0 atom stereocenters. The fraction of sp³-hybridized carbons (Fsp3) is 0.400. The Labute approximate surface area is 113 Å². The van der Waals surface area contributed by atoms with E-state index in [0.29, 0.717) is 18.7 Å². The van der Waals surface area contributed by atoms with Crippen molar-refractivity contribution in [1.29, 1.82) is 0 Å². The van der Waals surface area contributed by atoms with Crippen molar-refractivity contribution in [3.05, 3.63) is 29.3 Å². The SMILES string of the molecule is COc1ccc(/C=C2\CN(C)CCC2=O)c(OC)c1. The van der Waals surface area contributed by atoms with Gasteiger partial charge in [0.15, 0.2) is 5.78 Å². The Hall–Kier alpha value is -1.81. The van der Waals surface area contributed by atoms with Crippen LogP contribution in [-0.2, 0) is 4.79 Å². The van der Waals surface area contributed by atoms with Gasteiger partial charge in [0.2, 0.25) is 0 Å². The molecule has 2 rings (SSSR count). The van der Waals surface area contributed by atoms with Crippen molar-refractivity contribution in [3.8, 4) is 11.5 Å². The predicted octanol–water partition coefficient (Wildman–Crippen LogP) is 1.99. The summed E-state index contributed by atoms with van der Waals surface area (Å²) in [5.41, 5.74) is 1.74. The average molecular weight is 261 g/mol. The molecule has 0 radical (unpaired) electrons. The highest BCUT2D eigenvalue weighted by Gasteiger charge is 2.19. The highest BCUT2D eigenvalue weighted by Crippen LogP contribution is 2.27. The minimum absolute atomic E-state index is 0.218. The number of ketones is 1. The summed E-state index contributed by atoms with van der Waals surface area (Å²) in [5.74, 6) is 1.68. The molecule has 4 nitrogen and oxygen atoms in total. The second-order valence-electron chi connectivity index (χ2n) is 4.69. The molecule has 0 N–H and O–H groups in total. The summed E-state index contributed by atoms with van der Waals surface area (Å²) in [6.45, 7) is 1.52. The van der Waals surface area contributed by atoms with E-state index in [4.69, 9.17) is 9.47 Å². The van der Waals surface area contributed by atoms with Gasteiger partial charge in [-0.15, -0.1) is 0 Å². The number of piperidine rings is 1. The summed E-state index contributed by atoms with van der Waals surface area (Å²) >= 11 is 0. The first-order valence-corrected chi connectivity index (χ1v) is 6.28. The zero-order valence-corrected chi connectivity index (χ0v) is 11.6. The molecule has 4 heteroatoms. The third kappa shape index (κ3) is 3.15. The van der Waals surface area contributed by atoms with Gasteiger partial charge in [0, 0.05) is 36.7 Å². The van der Waals surface area contributed by atoms with Gasteiger partial charge in [0.25, 0.3) is 0 Å². The van der Waals surface area contributed by atoms with Gasteiger partial charge in [-0.25, -0.2) is 0 Å². The van der Waals surface area contributed by atoms with Crippen LogP contribution in [0.2, 0.25) is 0 Å². The number of carbonyl (C=O) groups is 1. The smallest absolute Gasteiger partial charge is 0.161 e. The number of benzene rings is 1. The van der Waals surface area contributed by atoms with Crippen molar-refractivity contribution in [3.63, 3.8) is 0 Å². The van der Waals surface area contributed by atoms with E-state index in [1.807, 2.05) is 31.3 Å². The van der Waals surface area contributed by atoms with Crippen molar-refractivity contribution in [2.45, 2.75) is 6.42 Å². The number of likely N-dealkylation sites (N-methyl/N-ethyl adjacent to an activating group) is 1. The minimum Gasteiger partial charge on any atom is -0.497 e. The van der Waals surface area contributed by atoms with Gasteiger partial charge in [-0.05, 0) is 25.3 Å². The molecule has 1 fully saturated rings. The summed E-state index contributed by atoms with van der Waals surface area (Å²) in [4.78, 5) is 14.0. The number of rotatable bonds is 3. The third-order valence-corrected chi connectivity index (χ3v) is 3.29. The third-order valence-electron chi connectivity index (χ3n) is 3.29. The molecule has 0 spiro atoms. The van der Waals surface area contributed by atoms with Crippen LogP contribution in [0.1, 0.15) is 12.0 Å². The Balaban J connectivity index is 2.33. The first-order chi connectivity index (χ1) is 9.13. The number of methoxy groups -OCH3 is 2. The zero-order valence-electron chi connectivity index (χ0n) is 11.6. The van der Waals surface area contributed by atoms with Crippen molar-refractivity contribution in [1.82, 2.24) is 4.90 Å². The van der Waals surface area contributed by atoms with E-state index in [9.17, 15) is 4.79 Å². The van der Waals surface area contributed by atoms with Crippen molar-refractivity contribution in [2.75, 3.05) is 34.4 Å². The lowest BCUT2D eigenvalue weighted by atomic mass is 10.0. The molecule has 1 heterocycles. The van der Waals surface area contributed by atoms with Crippen LogP contribution in [0.3, 0.4) is 0 Å². The van der Waals surface area contributed by atoms with Gasteiger partial charge in [0.05, 0.1) is 14.2 Å². The number of carbonyl (C=O) groups excluding carboxylic acids is 1. The van der Waals surface area contributed by atoms with Gasteiger partial charge in [-0.1, -0.05) is 0 Å². The van der Waals surface area contributed by atoms with Crippen molar-refractivity contribution < 1.29 is 14.3 Å². The number of hydrogen-bond donors (Lipinski definition) is 0. The quantitative estimate of drug-likeness (QED) is 0.780. The molecule has 1 aromatic rings. The molecule has 102 valence electrons. The Morgan fingerprint density at radius 3 is 2.74 bits per heavy atom. The summed E-state index contributed by atoms with van der Waals surface area (Å²) in [6, 6.07) is 5.60. The largest absolute Gasteiger partial charge is 0.497 e. The maximum atomic E-state index is 11.9. The molecule has 1 aromatic carbocycles. The Bertz CT molecular complexity index is 508. The van der Waals surface area contributed by atoms with Crippen LogP contribution in [0, 0.1) is 0 Å². The molecule has 0 bridgehead atoms. The molecule has 1 saturated heterocycles. The monoisotopic (exact) mass is 261 g/mol. The summed E-state index contributed by atoms with van der Waals surface area (Å²) in [7, 11) is 5.25. The number of Topliss-reactive ketones (excluding diaryl/α,β-unsaturated/α-hetero) is 1. The molecular formula is C15H19NO3. The van der Waals surface area contributed by atoms with Gasteiger partial charge < -0.3 is 14.4 Å². The highest BCUT2D eigenvalue weighted by atomic mass is 16.5. The van der Waals surface area contributed by atoms with Crippen LogP contribution in [0.4, 0.5) is 0 Å². The Morgan fingerprint density at radius 1 is 1.26 bits per heavy atom. The molecule has 0 aliphatic carbocycles. The second-order valence-corrected chi connectivity index (χ2v) is 4.69. The topological polar surface area (TPSA) is 38.8 Å². The van der Waals surface area contributed by atoms with Crippen molar-refractivity contribution >= 4 is 11.9 Å². The minimum atomic E-state index is 0.218. The lowest BCUT2D eigenvalue weighted by Crippen LogP contribution is -2.32. The van der Waals surface area contributed by atoms with Gasteiger partial charge >= 0.3 is 0 Å². The second kappa shape index (κ2) is 5.89. The van der Waals surface area contributed by atoms with E-state index < -0.39 is 0 Å². The first kappa shape index (κ1) is 13.6. The van der Waals surface area contributed by atoms with Gasteiger partial charge in [0.1, 0.15) is 11.5 Å². The summed E-state index contributed by atoms with van der Waals surface area (Å²) in [6.07, 6.45) is 2.50. The molecule has 1 aliphatic rings. The van der Waals surface area contributed by atoms with E-state index in [2.05, 4.69) is 4.90 Å². The van der Waals surface area contributed by atoms with Crippen LogP contribution in [0.25, 0.3) is 6.08 Å². The van der Waals surface area contributed by atoms with Gasteiger partial charge in [-0.3, -0.25) is 4.79 Å². The van der Waals surface area contributed by atoms with Crippen molar-refractivity contribution in [2.24, 2.45) is 0 Å². The highest BCUT2D eigenvalue weighted by molar-refractivity contribution is 6.01. The van der Waals surface area contributed by atoms with Gasteiger partial charge in [-0.2, -0.15) is 0 Å². The maximum Gasteiger partial charge on any atom is 0.161 e. The van der Waals surface area contributed by atoms with E-state index in [1.165, 1.54) is 0 Å². The standard InChI is InChI=1S/C15H19NO3/c1-16-7-6-14(17)12(10-16)8-11-4-5-13(18-2)9-15(11)19-3/h4-5,8-9H,6-7,10H2,1-3H3/b12-8+. The molecule has 19 heavy (non-hydrogen) atoms. The molecule has 0 saturated carbocycles. The van der Waals surface area contributed by atoms with Crippen LogP contribution >= 0.6 is 0 Å². The van der Waals surface area contributed by atoms with E-state index >= 15 is 0 Å². The normalized spacial score (nSPS) is 18.7. The molecule has 1 aliphatic heterocycles. The summed E-state index contributed by atoms with van der Waals surface area (Å²) in [5, 5.41) is 0. The first-order valence-electron chi connectivity index (χ1n) is 6.28. The summed E-state index contributed by atoms with van der Waals surface area (Å²) < 4.78 is 10.5. The van der Waals surface area contributed by atoms with Crippen LogP contribution in [0.5, 0.6) is 11.5 Å². The number of ether oxygens (including phenoxy) is 2. The number of nitrogens with zero attached hydrogens (tertiary/aromatic N) is 1. The number of likely N-dealkylation sites (tertiary alicyclic amines) is 1. The zero-order chi connectivity index (χ0) is 13.8.